The van der Waals surface area contributed by atoms with Gasteiger partial charge in [-0.3, -0.25) is 14.9 Å². The molecule has 0 radical (unpaired) electrons. The summed E-state index contributed by atoms with van der Waals surface area (Å²) in [6, 6.07) is 9.01. The van der Waals surface area contributed by atoms with Gasteiger partial charge < -0.3 is 10.1 Å². The lowest BCUT2D eigenvalue weighted by Gasteiger charge is -2.15. The van der Waals surface area contributed by atoms with Gasteiger partial charge in [0, 0.05) is 17.8 Å². The lowest BCUT2D eigenvalue weighted by atomic mass is 10.1. The molecule has 0 saturated heterocycles. The second-order valence-electron chi connectivity index (χ2n) is 5.78. The highest BCUT2D eigenvalue weighted by molar-refractivity contribution is 6.33. The predicted octanol–water partition coefficient (Wildman–Crippen LogP) is 4.05. The van der Waals surface area contributed by atoms with Crippen molar-refractivity contribution in [1.82, 2.24) is 0 Å². The van der Waals surface area contributed by atoms with Gasteiger partial charge in [-0.15, -0.1) is 0 Å². The van der Waals surface area contributed by atoms with Crippen LogP contribution in [0.4, 0.5) is 11.4 Å². The molecule has 7 nitrogen and oxygen atoms in total. The maximum Gasteiger partial charge on any atom is 0.340 e. The lowest BCUT2D eigenvalue weighted by Crippen LogP contribution is -2.30. The molecule has 0 fully saturated rings. The van der Waals surface area contributed by atoms with Crippen molar-refractivity contribution in [3.8, 4) is 0 Å². The molecule has 1 amide bonds. The summed E-state index contributed by atoms with van der Waals surface area (Å²) in [5.41, 5.74) is 1.98. The third-order valence-corrected chi connectivity index (χ3v) is 4.01. The molecular formula is C18H17ClN2O5. The molecule has 0 spiro atoms. The largest absolute Gasteiger partial charge is 0.449 e. The van der Waals surface area contributed by atoms with E-state index in [2.05, 4.69) is 5.32 Å². The monoisotopic (exact) mass is 376 g/mol. The van der Waals surface area contributed by atoms with E-state index in [1.807, 2.05) is 26.0 Å². The number of halogens is 1. The molecule has 2 rings (SSSR count). The Bertz CT molecular complexity index is 882. The van der Waals surface area contributed by atoms with E-state index in [1.54, 1.807) is 6.07 Å². The van der Waals surface area contributed by atoms with Crippen LogP contribution in [0.25, 0.3) is 0 Å². The van der Waals surface area contributed by atoms with Crippen molar-refractivity contribution >= 4 is 34.9 Å². The van der Waals surface area contributed by atoms with Gasteiger partial charge in [0.2, 0.25) is 0 Å². The number of amides is 1. The number of non-ortho nitro benzene ring substituents is 1. The van der Waals surface area contributed by atoms with Gasteiger partial charge in [-0.1, -0.05) is 23.7 Å². The van der Waals surface area contributed by atoms with Gasteiger partial charge in [0.1, 0.15) is 0 Å². The second-order valence-corrected chi connectivity index (χ2v) is 6.18. The van der Waals surface area contributed by atoms with E-state index < -0.39 is 22.9 Å². The zero-order chi connectivity index (χ0) is 19.4. The normalized spacial score (nSPS) is 11.5. The zero-order valence-corrected chi connectivity index (χ0v) is 15.2. The van der Waals surface area contributed by atoms with E-state index in [4.69, 9.17) is 16.3 Å². The summed E-state index contributed by atoms with van der Waals surface area (Å²) in [4.78, 5) is 34.7. The second kappa shape index (κ2) is 7.97. The molecule has 0 aliphatic heterocycles. The first-order chi connectivity index (χ1) is 12.2. The molecule has 0 heterocycles. The maximum atomic E-state index is 12.3. The number of benzene rings is 2. The Morgan fingerprint density at radius 1 is 1.19 bits per heavy atom. The van der Waals surface area contributed by atoms with Crippen molar-refractivity contribution in [3.63, 3.8) is 0 Å². The first kappa shape index (κ1) is 19.4. The lowest BCUT2D eigenvalue weighted by molar-refractivity contribution is -0.384. The Kier molecular flexibility index (Phi) is 5.94. The van der Waals surface area contributed by atoms with Crippen LogP contribution in [0.5, 0.6) is 0 Å². The fourth-order valence-electron chi connectivity index (χ4n) is 2.17. The van der Waals surface area contributed by atoms with Crippen molar-refractivity contribution in [3.05, 3.63) is 68.2 Å². The molecule has 0 aliphatic carbocycles. The first-order valence-corrected chi connectivity index (χ1v) is 8.10. The quantitative estimate of drug-likeness (QED) is 0.482. The molecule has 0 unspecified atom stereocenters. The van der Waals surface area contributed by atoms with Crippen LogP contribution >= 0.6 is 11.6 Å². The van der Waals surface area contributed by atoms with Gasteiger partial charge in [0.05, 0.1) is 15.5 Å². The Morgan fingerprint density at radius 2 is 1.88 bits per heavy atom. The summed E-state index contributed by atoms with van der Waals surface area (Å²) in [5, 5.41) is 13.5. The summed E-state index contributed by atoms with van der Waals surface area (Å²) in [5.74, 6) is -1.43. The van der Waals surface area contributed by atoms with E-state index in [1.165, 1.54) is 19.1 Å². The number of nitro groups is 1. The Balaban J connectivity index is 2.11. The smallest absolute Gasteiger partial charge is 0.340 e. The number of hydrogen-bond donors (Lipinski definition) is 1. The standard InChI is InChI=1S/C18H17ClN2O5/c1-10-4-5-11(2)16(8-10)20-17(22)12(3)26-18(23)14-9-13(21(24)25)6-7-15(14)19/h4-9,12H,1-3H3,(H,20,22)/t12-/m1/s1. The van der Waals surface area contributed by atoms with Gasteiger partial charge in [0.25, 0.3) is 11.6 Å². The fraction of sp³-hybridized carbons (Fsp3) is 0.222. The number of anilines is 1. The number of ether oxygens (including phenoxy) is 1. The summed E-state index contributed by atoms with van der Waals surface area (Å²) in [6.07, 6.45) is -1.11. The van der Waals surface area contributed by atoms with Crippen LogP contribution in [0, 0.1) is 24.0 Å². The number of carbonyl (C=O) groups is 2. The molecule has 2 aromatic rings. The Hall–Kier alpha value is -2.93. The molecule has 0 aromatic heterocycles. The SMILES string of the molecule is Cc1ccc(C)c(NC(=O)[C@@H](C)OC(=O)c2cc([N+](=O)[O-])ccc2Cl)c1. The number of rotatable bonds is 5. The van der Waals surface area contributed by atoms with Crippen LogP contribution in [0.2, 0.25) is 5.02 Å². The topological polar surface area (TPSA) is 98.5 Å². The Labute approximate surface area is 155 Å². The number of nitro benzene ring substituents is 1. The third-order valence-electron chi connectivity index (χ3n) is 3.68. The van der Waals surface area contributed by atoms with Crippen LogP contribution in [-0.2, 0) is 9.53 Å². The van der Waals surface area contributed by atoms with Crippen LogP contribution in [-0.4, -0.2) is 22.9 Å². The average molecular weight is 377 g/mol. The summed E-state index contributed by atoms with van der Waals surface area (Å²) in [6.45, 7) is 5.14. The van der Waals surface area contributed by atoms with Gasteiger partial charge in [0.15, 0.2) is 6.10 Å². The first-order valence-electron chi connectivity index (χ1n) is 7.72. The van der Waals surface area contributed by atoms with Gasteiger partial charge >= 0.3 is 5.97 Å². The van der Waals surface area contributed by atoms with Crippen molar-refractivity contribution < 1.29 is 19.2 Å². The molecule has 8 heteroatoms. The van der Waals surface area contributed by atoms with Gasteiger partial charge in [-0.05, 0) is 44.0 Å². The van der Waals surface area contributed by atoms with Crippen LogP contribution in [0.1, 0.15) is 28.4 Å². The summed E-state index contributed by atoms with van der Waals surface area (Å²) >= 11 is 5.90. The minimum atomic E-state index is -1.11. The average Bonchev–Trinajstić information content (AvgIpc) is 2.58. The van der Waals surface area contributed by atoms with Crippen molar-refractivity contribution in [2.45, 2.75) is 26.9 Å². The number of hydrogen-bond acceptors (Lipinski definition) is 5. The minimum Gasteiger partial charge on any atom is -0.449 e. The highest BCUT2D eigenvalue weighted by Crippen LogP contribution is 2.23. The molecular weight excluding hydrogens is 360 g/mol. The predicted molar refractivity (Wildman–Crippen MR) is 97.5 cm³/mol. The maximum absolute atomic E-state index is 12.3. The van der Waals surface area contributed by atoms with E-state index in [0.717, 1.165) is 17.2 Å². The molecule has 0 aliphatic rings. The molecule has 1 atom stereocenters. The number of aryl methyl sites for hydroxylation is 2. The molecule has 1 N–H and O–H groups in total. The minimum absolute atomic E-state index is 0.00253. The van der Waals surface area contributed by atoms with Crippen molar-refractivity contribution in [1.29, 1.82) is 0 Å². The van der Waals surface area contributed by atoms with Gasteiger partial charge in [-0.2, -0.15) is 0 Å². The van der Waals surface area contributed by atoms with Gasteiger partial charge in [-0.25, -0.2) is 4.79 Å². The van der Waals surface area contributed by atoms with E-state index in [0.29, 0.717) is 5.69 Å². The zero-order valence-electron chi connectivity index (χ0n) is 14.4. The number of nitrogens with one attached hydrogen (secondary N) is 1. The highest BCUT2D eigenvalue weighted by Gasteiger charge is 2.23. The van der Waals surface area contributed by atoms with Crippen LogP contribution in [0.15, 0.2) is 36.4 Å². The van der Waals surface area contributed by atoms with E-state index in [-0.39, 0.29) is 16.3 Å². The third kappa shape index (κ3) is 4.58. The molecule has 26 heavy (non-hydrogen) atoms. The number of esters is 1. The molecule has 0 saturated carbocycles. The summed E-state index contributed by atoms with van der Waals surface area (Å²) in [7, 11) is 0. The fourth-order valence-corrected chi connectivity index (χ4v) is 2.36. The summed E-state index contributed by atoms with van der Waals surface area (Å²) < 4.78 is 5.10. The number of carbonyl (C=O) groups excluding carboxylic acids is 2. The van der Waals surface area contributed by atoms with Crippen LogP contribution < -0.4 is 5.32 Å². The van der Waals surface area contributed by atoms with E-state index in [9.17, 15) is 19.7 Å². The van der Waals surface area contributed by atoms with Crippen LogP contribution in [0.3, 0.4) is 0 Å². The van der Waals surface area contributed by atoms with E-state index >= 15 is 0 Å². The molecule has 2 aromatic carbocycles. The number of nitrogens with zero attached hydrogens (tertiary/aromatic N) is 1. The Morgan fingerprint density at radius 3 is 2.54 bits per heavy atom. The molecule has 136 valence electrons. The van der Waals surface area contributed by atoms with Crippen molar-refractivity contribution in [2.75, 3.05) is 5.32 Å². The van der Waals surface area contributed by atoms with Crippen molar-refractivity contribution in [2.24, 2.45) is 0 Å². The molecule has 0 bridgehead atoms. The highest BCUT2D eigenvalue weighted by atomic mass is 35.5.